The van der Waals surface area contributed by atoms with E-state index in [2.05, 4.69) is 17.2 Å². The highest BCUT2D eigenvalue weighted by Gasteiger charge is 2.26. The smallest absolute Gasteiger partial charge is 0.420 e. The van der Waals surface area contributed by atoms with Crippen molar-refractivity contribution in [1.82, 2.24) is 14.9 Å². The summed E-state index contributed by atoms with van der Waals surface area (Å²) in [7, 11) is 1.32. The number of methoxy groups -OCH3 is 1. The normalized spacial score (nSPS) is 13.9. The lowest BCUT2D eigenvalue weighted by Crippen LogP contribution is -2.22. The molecule has 1 aliphatic heterocycles. The number of ether oxygens (including phenoxy) is 1. The van der Waals surface area contributed by atoms with Crippen molar-refractivity contribution in [1.29, 1.82) is 0 Å². The van der Waals surface area contributed by atoms with Gasteiger partial charge in [0.15, 0.2) is 5.82 Å². The Balaban J connectivity index is 2.03. The third kappa shape index (κ3) is 2.67. The van der Waals surface area contributed by atoms with Crippen LogP contribution in [-0.4, -0.2) is 29.3 Å². The molecule has 0 spiro atoms. The van der Waals surface area contributed by atoms with Crippen LogP contribution in [-0.2, 0) is 17.7 Å². The van der Waals surface area contributed by atoms with Gasteiger partial charge < -0.3 is 10.1 Å². The quantitative estimate of drug-likeness (QED) is 0.544. The molecule has 2 aromatic heterocycles. The highest BCUT2D eigenvalue weighted by molar-refractivity contribution is 14.1. The van der Waals surface area contributed by atoms with Crippen molar-refractivity contribution in [3.8, 4) is 10.7 Å². The number of nitrogens with zero attached hydrogens (tertiary/aromatic N) is 2. The first-order chi connectivity index (χ1) is 12.0. The minimum absolute atomic E-state index is 0.403. The number of nitrogens with one attached hydrogen (secondary N) is 1. The minimum atomic E-state index is -0.567. The van der Waals surface area contributed by atoms with E-state index in [-0.39, 0.29) is 0 Å². The van der Waals surface area contributed by atoms with Gasteiger partial charge >= 0.3 is 6.09 Å². The van der Waals surface area contributed by atoms with Gasteiger partial charge in [0.05, 0.1) is 17.5 Å². The molecule has 25 heavy (non-hydrogen) atoms. The zero-order chi connectivity index (χ0) is 17.7. The van der Waals surface area contributed by atoms with E-state index < -0.39 is 11.9 Å². The standard InChI is InChI=1S/C17H15FIN3O2S/c1-8-10-3-4-20-7-13(10)25-15(8)16-21-14-11(19)5-9(18)6-12(14)22(16)17(23)24-2/h5-6,20H,3-4,7H2,1-2H3. The van der Waals surface area contributed by atoms with E-state index in [9.17, 15) is 9.18 Å². The van der Waals surface area contributed by atoms with Crippen LogP contribution in [0.4, 0.5) is 9.18 Å². The summed E-state index contributed by atoms with van der Waals surface area (Å²) in [6, 6.07) is 2.74. The zero-order valence-corrected chi connectivity index (χ0v) is 16.6. The van der Waals surface area contributed by atoms with Crippen molar-refractivity contribution in [2.24, 2.45) is 0 Å². The van der Waals surface area contributed by atoms with E-state index in [0.717, 1.165) is 30.0 Å². The van der Waals surface area contributed by atoms with Crippen LogP contribution in [0.1, 0.15) is 16.0 Å². The Morgan fingerprint density at radius 2 is 2.28 bits per heavy atom. The third-order valence-corrected chi connectivity index (χ3v) is 6.58. The summed E-state index contributed by atoms with van der Waals surface area (Å²) in [6.07, 6.45) is 0.394. The third-order valence-electron chi connectivity index (χ3n) is 4.43. The van der Waals surface area contributed by atoms with Gasteiger partial charge in [-0.25, -0.2) is 18.7 Å². The van der Waals surface area contributed by atoms with Gasteiger partial charge in [-0.05, 0) is 59.7 Å². The molecule has 0 unspecified atom stereocenters. The second kappa shape index (κ2) is 6.33. The SMILES string of the molecule is COC(=O)n1c(-c2sc3c(c2C)CCNC3)nc2c(I)cc(F)cc21. The molecule has 5 nitrogen and oxygen atoms in total. The van der Waals surface area contributed by atoms with Crippen LogP contribution in [0.2, 0.25) is 0 Å². The molecule has 0 amide bonds. The van der Waals surface area contributed by atoms with Gasteiger partial charge in [0.25, 0.3) is 0 Å². The van der Waals surface area contributed by atoms with Crippen LogP contribution in [0.5, 0.6) is 0 Å². The van der Waals surface area contributed by atoms with Crippen LogP contribution in [0.25, 0.3) is 21.7 Å². The van der Waals surface area contributed by atoms with Gasteiger partial charge in [-0.3, -0.25) is 0 Å². The van der Waals surface area contributed by atoms with Gasteiger partial charge in [-0.15, -0.1) is 11.3 Å². The van der Waals surface area contributed by atoms with Crippen molar-refractivity contribution in [3.05, 3.63) is 37.5 Å². The Bertz CT molecular complexity index is 1010. The lowest BCUT2D eigenvalue weighted by molar-refractivity contribution is 0.174. The van der Waals surface area contributed by atoms with E-state index >= 15 is 0 Å². The second-order valence-corrected chi connectivity index (χ2v) is 8.15. The molecule has 1 aromatic carbocycles. The largest absolute Gasteiger partial charge is 0.452 e. The fourth-order valence-corrected chi connectivity index (χ4v) is 5.24. The monoisotopic (exact) mass is 471 g/mol. The van der Waals surface area contributed by atoms with Crippen molar-refractivity contribution >= 4 is 51.1 Å². The van der Waals surface area contributed by atoms with Crippen molar-refractivity contribution in [2.45, 2.75) is 19.9 Å². The molecule has 0 saturated heterocycles. The molecule has 1 N–H and O–H groups in total. The van der Waals surface area contributed by atoms with Gasteiger partial charge in [-0.2, -0.15) is 0 Å². The summed E-state index contributed by atoms with van der Waals surface area (Å²) in [4.78, 5) is 19.3. The number of hydrogen-bond acceptors (Lipinski definition) is 5. The number of imidazole rings is 1. The van der Waals surface area contributed by atoms with E-state index in [4.69, 9.17) is 4.74 Å². The first-order valence-corrected chi connectivity index (χ1v) is 9.68. The number of carbonyl (C=O) groups excluding carboxylic acids is 1. The maximum absolute atomic E-state index is 13.9. The van der Waals surface area contributed by atoms with Crippen molar-refractivity contribution in [3.63, 3.8) is 0 Å². The fraction of sp³-hybridized carbons (Fsp3) is 0.294. The number of hydrogen-bond donors (Lipinski definition) is 1. The van der Waals surface area contributed by atoms with Crippen LogP contribution >= 0.6 is 33.9 Å². The molecule has 0 aliphatic carbocycles. The molecule has 3 heterocycles. The predicted octanol–water partition coefficient (Wildman–Crippen LogP) is 4.08. The van der Waals surface area contributed by atoms with Crippen LogP contribution in [0.15, 0.2) is 12.1 Å². The molecule has 0 bridgehead atoms. The Morgan fingerprint density at radius 3 is 3.00 bits per heavy atom. The molecule has 3 aromatic rings. The Kier molecular flexibility index (Phi) is 4.28. The Hall–Kier alpha value is -1.52. The minimum Gasteiger partial charge on any atom is -0.452 e. The topological polar surface area (TPSA) is 56.1 Å². The van der Waals surface area contributed by atoms with E-state index in [1.807, 2.05) is 22.6 Å². The maximum atomic E-state index is 13.9. The number of halogens is 2. The molecular formula is C17H15FIN3O2S. The number of thiophene rings is 1. The molecule has 0 fully saturated rings. The van der Waals surface area contributed by atoms with Gasteiger partial charge in [0.1, 0.15) is 11.3 Å². The number of carbonyl (C=O) groups is 1. The highest BCUT2D eigenvalue weighted by Crippen LogP contribution is 2.39. The van der Waals surface area contributed by atoms with Gasteiger partial charge in [-0.1, -0.05) is 0 Å². The molecule has 1 aliphatic rings. The summed E-state index contributed by atoms with van der Waals surface area (Å²) in [6.45, 7) is 3.83. The first kappa shape index (κ1) is 16.9. The second-order valence-electron chi connectivity index (χ2n) is 5.88. The maximum Gasteiger partial charge on any atom is 0.420 e. The van der Waals surface area contributed by atoms with Gasteiger partial charge in [0, 0.05) is 21.1 Å². The van der Waals surface area contributed by atoms with E-state index in [1.54, 1.807) is 11.3 Å². The zero-order valence-electron chi connectivity index (χ0n) is 13.7. The number of rotatable bonds is 1. The number of benzene rings is 1. The summed E-state index contributed by atoms with van der Waals surface area (Å²) >= 11 is 3.67. The number of aromatic nitrogens is 2. The highest BCUT2D eigenvalue weighted by atomic mass is 127. The molecule has 0 atom stereocenters. The number of fused-ring (bicyclic) bond motifs is 2. The lowest BCUT2D eigenvalue weighted by Gasteiger charge is -2.12. The predicted molar refractivity (Wildman–Crippen MR) is 104 cm³/mol. The van der Waals surface area contributed by atoms with Crippen molar-refractivity contribution in [2.75, 3.05) is 13.7 Å². The molecule has 8 heteroatoms. The lowest BCUT2D eigenvalue weighted by atomic mass is 10.0. The fourth-order valence-electron chi connectivity index (χ4n) is 3.24. The average molecular weight is 471 g/mol. The van der Waals surface area contributed by atoms with Gasteiger partial charge in [0.2, 0.25) is 0 Å². The first-order valence-electron chi connectivity index (χ1n) is 7.79. The summed E-state index contributed by atoms with van der Waals surface area (Å²) < 4.78 is 20.9. The van der Waals surface area contributed by atoms with Crippen molar-refractivity contribution < 1.29 is 13.9 Å². The van der Waals surface area contributed by atoms with E-state index in [0.29, 0.717) is 20.4 Å². The van der Waals surface area contributed by atoms with Crippen LogP contribution in [0.3, 0.4) is 0 Å². The molecular weight excluding hydrogens is 456 g/mol. The summed E-state index contributed by atoms with van der Waals surface area (Å²) in [5.74, 6) is 0.113. The summed E-state index contributed by atoms with van der Waals surface area (Å²) in [5, 5.41) is 3.37. The average Bonchev–Trinajstić information content (AvgIpc) is 3.13. The molecule has 0 radical (unpaired) electrons. The van der Waals surface area contributed by atoms with Crippen LogP contribution < -0.4 is 5.32 Å². The van der Waals surface area contributed by atoms with Crippen LogP contribution in [0, 0.1) is 16.3 Å². The molecule has 4 rings (SSSR count). The molecule has 0 saturated carbocycles. The summed E-state index contributed by atoms with van der Waals surface area (Å²) in [5.41, 5.74) is 3.49. The van der Waals surface area contributed by atoms with E-state index in [1.165, 1.54) is 34.3 Å². The Labute approximate surface area is 161 Å². The molecule has 130 valence electrons. The Morgan fingerprint density at radius 1 is 1.48 bits per heavy atom.